The van der Waals surface area contributed by atoms with Crippen LogP contribution >= 0.6 is 15.9 Å². The van der Waals surface area contributed by atoms with Gasteiger partial charge >= 0.3 is 0 Å². The summed E-state index contributed by atoms with van der Waals surface area (Å²) in [6.07, 6.45) is 6.46. The molecule has 1 aromatic heterocycles. The SMILES string of the molecule is CCC(CC)c1cccc(C(CC)CC)c1/N=C/c1cccc(Br)n1. The summed E-state index contributed by atoms with van der Waals surface area (Å²) >= 11 is 3.44. The van der Waals surface area contributed by atoms with Crippen molar-refractivity contribution >= 4 is 27.8 Å². The second-order valence-corrected chi connectivity index (χ2v) is 7.27. The maximum atomic E-state index is 4.94. The van der Waals surface area contributed by atoms with E-state index in [0.717, 1.165) is 41.7 Å². The summed E-state index contributed by atoms with van der Waals surface area (Å²) < 4.78 is 0.838. The van der Waals surface area contributed by atoms with E-state index in [-0.39, 0.29) is 0 Å². The summed E-state index contributed by atoms with van der Waals surface area (Å²) in [5.41, 5.74) is 4.79. The van der Waals surface area contributed by atoms with Gasteiger partial charge in [-0.25, -0.2) is 4.98 Å². The Morgan fingerprint density at radius 2 is 1.40 bits per heavy atom. The monoisotopic (exact) mass is 400 g/mol. The normalized spacial score (nSPS) is 11.8. The van der Waals surface area contributed by atoms with E-state index >= 15 is 0 Å². The molecule has 0 atom stereocenters. The van der Waals surface area contributed by atoms with Crippen LogP contribution in [0.2, 0.25) is 0 Å². The molecule has 0 aliphatic rings. The number of halogens is 1. The van der Waals surface area contributed by atoms with Crippen LogP contribution in [0.25, 0.3) is 0 Å². The zero-order valence-corrected chi connectivity index (χ0v) is 17.4. The molecule has 1 aromatic carbocycles. The van der Waals surface area contributed by atoms with Crippen LogP contribution in [0.4, 0.5) is 5.69 Å². The minimum atomic E-state index is 0.553. The molecular weight excluding hydrogens is 372 g/mol. The third-order valence-electron chi connectivity index (χ3n) is 5.01. The summed E-state index contributed by atoms with van der Waals surface area (Å²) in [5.74, 6) is 1.11. The fourth-order valence-corrected chi connectivity index (χ4v) is 3.83. The summed E-state index contributed by atoms with van der Waals surface area (Å²) in [6, 6.07) is 12.6. The van der Waals surface area contributed by atoms with Crippen LogP contribution in [0, 0.1) is 0 Å². The average Bonchev–Trinajstić information content (AvgIpc) is 2.63. The standard InChI is InChI=1S/C22H29BrN2/c1-5-16(6-2)19-12-10-13-20(17(7-3)8-4)22(19)24-15-18-11-9-14-21(23)25-18/h9-17H,5-8H2,1-4H3/b24-15+. The summed E-state index contributed by atoms with van der Waals surface area (Å²) in [7, 11) is 0. The van der Waals surface area contributed by atoms with E-state index in [4.69, 9.17) is 4.99 Å². The van der Waals surface area contributed by atoms with Crippen LogP contribution in [0.3, 0.4) is 0 Å². The molecule has 0 N–H and O–H groups in total. The number of aromatic nitrogens is 1. The van der Waals surface area contributed by atoms with Gasteiger partial charge in [-0.05, 0) is 76.7 Å². The van der Waals surface area contributed by atoms with E-state index in [0.29, 0.717) is 11.8 Å². The minimum Gasteiger partial charge on any atom is -0.254 e. The van der Waals surface area contributed by atoms with Crippen LogP contribution in [0.15, 0.2) is 46.0 Å². The summed E-state index contributed by atoms with van der Waals surface area (Å²) in [6.45, 7) is 9.06. The molecule has 3 heteroatoms. The summed E-state index contributed by atoms with van der Waals surface area (Å²) in [5, 5.41) is 0. The molecule has 25 heavy (non-hydrogen) atoms. The Hall–Kier alpha value is -1.48. The van der Waals surface area contributed by atoms with Crippen molar-refractivity contribution in [3.8, 4) is 0 Å². The molecule has 2 aromatic rings. The lowest BCUT2D eigenvalue weighted by Crippen LogP contribution is -2.02. The number of rotatable bonds is 8. The molecule has 0 fully saturated rings. The lowest BCUT2D eigenvalue weighted by atomic mass is 9.85. The van der Waals surface area contributed by atoms with Gasteiger partial charge in [0.25, 0.3) is 0 Å². The largest absolute Gasteiger partial charge is 0.254 e. The molecule has 2 rings (SSSR count). The first kappa shape index (κ1) is 19.8. The van der Waals surface area contributed by atoms with E-state index in [1.807, 2.05) is 24.4 Å². The van der Waals surface area contributed by atoms with Gasteiger partial charge in [-0.2, -0.15) is 0 Å². The molecule has 0 spiro atoms. The molecule has 2 nitrogen and oxygen atoms in total. The second-order valence-electron chi connectivity index (χ2n) is 6.46. The first-order valence-corrected chi connectivity index (χ1v) is 10.2. The quantitative estimate of drug-likeness (QED) is 0.334. The van der Waals surface area contributed by atoms with E-state index in [2.05, 4.69) is 66.8 Å². The van der Waals surface area contributed by atoms with Gasteiger partial charge in [0.2, 0.25) is 0 Å². The first-order valence-electron chi connectivity index (χ1n) is 9.43. The molecule has 0 aliphatic heterocycles. The molecule has 134 valence electrons. The Morgan fingerprint density at radius 3 is 1.88 bits per heavy atom. The molecule has 0 radical (unpaired) electrons. The molecule has 0 saturated carbocycles. The highest BCUT2D eigenvalue weighted by molar-refractivity contribution is 9.10. The number of hydrogen-bond acceptors (Lipinski definition) is 2. The van der Waals surface area contributed by atoms with Gasteiger partial charge in [0.05, 0.1) is 17.6 Å². The van der Waals surface area contributed by atoms with Crippen molar-refractivity contribution in [2.24, 2.45) is 4.99 Å². The molecular formula is C22H29BrN2. The highest BCUT2D eigenvalue weighted by atomic mass is 79.9. The number of nitrogens with zero attached hydrogens (tertiary/aromatic N) is 2. The van der Waals surface area contributed by atoms with E-state index < -0.39 is 0 Å². The Kier molecular flexibility index (Phi) is 7.83. The van der Waals surface area contributed by atoms with Crippen LogP contribution in [-0.2, 0) is 0 Å². The van der Waals surface area contributed by atoms with Crippen LogP contribution < -0.4 is 0 Å². The molecule has 0 aliphatic carbocycles. The molecule has 0 amide bonds. The minimum absolute atomic E-state index is 0.553. The molecule has 0 saturated heterocycles. The number of benzene rings is 1. The Balaban J connectivity index is 2.54. The molecule has 0 unspecified atom stereocenters. The van der Waals surface area contributed by atoms with Crippen LogP contribution in [-0.4, -0.2) is 11.2 Å². The van der Waals surface area contributed by atoms with Crippen LogP contribution in [0.1, 0.15) is 82.0 Å². The van der Waals surface area contributed by atoms with Gasteiger partial charge in [-0.15, -0.1) is 0 Å². The van der Waals surface area contributed by atoms with Crippen molar-refractivity contribution in [3.05, 3.63) is 57.8 Å². The Morgan fingerprint density at radius 1 is 0.880 bits per heavy atom. The third-order valence-corrected chi connectivity index (χ3v) is 5.45. The third kappa shape index (κ3) is 5.01. The zero-order chi connectivity index (χ0) is 18.2. The van der Waals surface area contributed by atoms with Crippen molar-refractivity contribution in [1.82, 2.24) is 4.98 Å². The van der Waals surface area contributed by atoms with Gasteiger partial charge in [-0.1, -0.05) is 52.0 Å². The van der Waals surface area contributed by atoms with Crippen molar-refractivity contribution in [3.63, 3.8) is 0 Å². The number of para-hydroxylation sites is 1. The van der Waals surface area contributed by atoms with Gasteiger partial charge in [0.15, 0.2) is 0 Å². The van der Waals surface area contributed by atoms with Gasteiger partial charge < -0.3 is 0 Å². The highest BCUT2D eigenvalue weighted by Crippen LogP contribution is 2.39. The highest BCUT2D eigenvalue weighted by Gasteiger charge is 2.18. The second kappa shape index (κ2) is 9.86. The first-order chi connectivity index (χ1) is 12.1. The maximum Gasteiger partial charge on any atom is 0.106 e. The fourth-order valence-electron chi connectivity index (χ4n) is 3.47. The van der Waals surface area contributed by atoms with E-state index in [1.165, 1.54) is 11.1 Å². The predicted octanol–water partition coefficient (Wildman–Crippen LogP) is 7.40. The zero-order valence-electron chi connectivity index (χ0n) is 15.8. The topological polar surface area (TPSA) is 25.2 Å². The van der Waals surface area contributed by atoms with Crippen LogP contribution in [0.5, 0.6) is 0 Å². The smallest absolute Gasteiger partial charge is 0.106 e. The van der Waals surface area contributed by atoms with E-state index in [1.54, 1.807) is 0 Å². The number of hydrogen-bond donors (Lipinski definition) is 0. The average molecular weight is 401 g/mol. The lowest BCUT2D eigenvalue weighted by molar-refractivity contribution is 0.625. The lowest BCUT2D eigenvalue weighted by Gasteiger charge is -2.22. The number of aliphatic imine (C=N–C) groups is 1. The fraction of sp³-hybridized carbons (Fsp3) is 0.455. The number of pyridine rings is 1. The van der Waals surface area contributed by atoms with Crippen molar-refractivity contribution in [1.29, 1.82) is 0 Å². The Labute approximate surface area is 160 Å². The maximum absolute atomic E-state index is 4.94. The van der Waals surface area contributed by atoms with E-state index in [9.17, 15) is 0 Å². The van der Waals surface area contributed by atoms with Crippen molar-refractivity contribution in [2.45, 2.75) is 65.2 Å². The summed E-state index contributed by atoms with van der Waals surface area (Å²) in [4.78, 5) is 9.43. The Bertz CT molecular complexity index is 671. The van der Waals surface area contributed by atoms with Gasteiger partial charge in [0.1, 0.15) is 4.60 Å². The van der Waals surface area contributed by atoms with Gasteiger partial charge in [0, 0.05) is 0 Å². The van der Waals surface area contributed by atoms with Gasteiger partial charge in [-0.3, -0.25) is 4.99 Å². The molecule has 0 bridgehead atoms. The van der Waals surface area contributed by atoms with Crippen molar-refractivity contribution in [2.75, 3.05) is 0 Å². The predicted molar refractivity (Wildman–Crippen MR) is 112 cm³/mol. The molecule has 1 heterocycles. The van der Waals surface area contributed by atoms with Crippen molar-refractivity contribution < 1.29 is 0 Å².